The van der Waals surface area contributed by atoms with Gasteiger partial charge in [-0.05, 0) is 36.1 Å². The van der Waals surface area contributed by atoms with Crippen molar-refractivity contribution >= 4 is 54.2 Å². The standard InChI is InChI=1S/C12H8Br2ClN/c13-9-2-1-6-3-10(14)7-4-11(15)16-5-8(7)12(6)9/h3-5,9H,1-2H2. The number of halogens is 3. The predicted molar refractivity (Wildman–Crippen MR) is 74.4 cm³/mol. The average Bonchev–Trinajstić information content (AvgIpc) is 2.61. The summed E-state index contributed by atoms with van der Waals surface area (Å²) in [6.07, 6.45) is 4.16. The molecular formula is C12H8Br2ClN. The molecule has 1 aromatic heterocycles. The fourth-order valence-electron chi connectivity index (χ4n) is 2.33. The van der Waals surface area contributed by atoms with Crippen molar-refractivity contribution in [3.8, 4) is 0 Å². The van der Waals surface area contributed by atoms with E-state index in [1.54, 1.807) is 0 Å². The second kappa shape index (κ2) is 3.97. The van der Waals surface area contributed by atoms with Crippen molar-refractivity contribution in [1.82, 2.24) is 4.98 Å². The first-order chi connectivity index (χ1) is 7.66. The molecule has 3 rings (SSSR count). The van der Waals surface area contributed by atoms with Gasteiger partial charge in [0.05, 0.1) is 0 Å². The first-order valence-corrected chi connectivity index (χ1v) is 7.16. The average molecular weight is 361 g/mol. The van der Waals surface area contributed by atoms with Crippen LogP contribution >= 0.6 is 43.5 Å². The molecule has 1 unspecified atom stereocenters. The number of aryl methyl sites for hydroxylation is 1. The van der Waals surface area contributed by atoms with E-state index in [2.05, 4.69) is 42.9 Å². The Morgan fingerprint density at radius 1 is 1.31 bits per heavy atom. The maximum absolute atomic E-state index is 5.93. The molecular weight excluding hydrogens is 353 g/mol. The SMILES string of the molecule is Clc1cc2c(Br)cc3c(c2cn1)C(Br)CC3. The van der Waals surface area contributed by atoms with Crippen LogP contribution in [-0.2, 0) is 6.42 Å². The Labute approximate surface area is 115 Å². The molecule has 0 spiro atoms. The third-order valence-corrected chi connectivity index (χ3v) is 4.82. The molecule has 0 fully saturated rings. The van der Waals surface area contributed by atoms with Gasteiger partial charge in [0.25, 0.3) is 0 Å². The lowest BCUT2D eigenvalue weighted by Crippen LogP contribution is -1.90. The highest BCUT2D eigenvalue weighted by Crippen LogP contribution is 2.44. The van der Waals surface area contributed by atoms with Crippen LogP contribution < -0.4 is 0 Å². The molecule has 1 atom stereocenters. The van der Waals surface area contributed by atoms with Gasteiger partial charge in [0.2, 0.25) is 0 Å². The largest absolute Gasteiger partial charge is 0.244 e. The van der Waals surface area contributed by atoms with Crippen molar-refractivity contribution in [3.05, 3.63) is 39.1 Å². The van der Waals surface area contributed by atoms with E-state index in [1.807, 2.05) is 12.3 Å². The van der Waals surface area contributed by atoms with Gasteiger partial charge in [0, 0.05) is 26.3 Å². The molecule has 1 aliphatic carbocycles. The Bertz CT molecular complexity index is 583. The maximum atomic E-state index is 5.93. The molecule has 0 aliphatic heterocycles. The number of benzene rings is 1. The molecule has 16 heavy (non-hydrogen) atoms. The smallest absolute Gasteiger partial charge is 0.129 e. The first kappa shape index (κ1) is 11.0. The zero-order valence-corrected chi connectivity index (χ0v) is 12.2. The van der Waals surface area contributed by atoms with Crippen molar-refractivity contribution in [2.45, 2.75) is 17.7 Å². The quantitative estimate of drug-likeness (QED) is 0.474. The minimum Gasteiger partial charge on any atom is -0.244 e. The Balaban J connectivity index is 2.43. The van der Waals surface area contributed by atoms with Crippen LogP contribution in [0.25, 0.3) is 10.8 Å². The minimum atomic E-state index is 0.445. The molecule has 1 aliphatic rings. The van der Waals surface area contributed by atoms with Crippen molar-refractivity contribution < 1.29 is 0 Å². The van der Waals surface area contributed by atoms with Crippen LogP contribution in [0, 0.1) is 0 Å². The van der Waals surface area contributed by atoms with E-state index >= 15 is 0 Å². The summed E-state index contributed by atoms with van der Waals surface area (Å²) >= 11 is 13.3. The number of nitrogens with zero attached hydrogens (tertiary/aromatic N) is 1. The van der Waals surface area contributed by atoms with E-state index in [0.29, 0.717) is 9.98 Å². The summed E-state index contributed by atoms with van der Waals surface area (Å²) in [7, 11) is 0. The van der Waals surface area contributed by atoms with Gasteiger partial charge in [-0.3, -0.25) is 0 Å². The molecule has 0 bridgehead atoms. The third kappa shape index (κ3) is 1.60. The van der Waals surface area contributed by atoms with Gasteiger partial charge in [0.15, 0.2) is 0 Å². The highest BCUT2D eigenvalue weighted by Gasteiger charge is 2.23. The van der Waals surface area contributed by atoms with E-state index in [0.717, 1.165) is 22.7 Å². The summed E-state index contributed by atoms with van der Waals surface area (Å²) in [5.74, 6) is 0. The van der Waals surface area contributed by atoms with Crippen molar-refractivity contribution in [2.75, 3.05) is 0 Å². The molecule has 0 amide bonds. The first-order valence-electron chi connectivity index (χ1n) is 5.07. The monoisotopic (exact) mass is 359 g/mol. The van der Waals surface area contributed by atoms with Crippen LogP contribution in [0.4, 0.5) is 0 Å². The molecule has 4 heteroatoms. The zero-order valence-electron chi connectivity index (χ0n) is 8.30. The molecule has 0 radical (unpaired) electrons. The Hall–Kier alpha value is -0.120. The van der Waals surface area contributed by atoms with E-state index in [-0.39, 0.29) is 0 Å². The number of fused-ring (bicyclic) bond motifs is 3. The molecule has 0 saturated carbocycles. The summed E-state index contributed by atoms with van der Waals surface area (Å²) < 4.78 is 1.10. The number of rotatable bonds is 0. The Morgan fingerprint density at radius 2 is 2.12 bits per heavy atom. The molecule has 2 aromatic rings. The fraction of sp³-hybridized carbons (Fsp3) is 0.250. The van der Waals surface area contributed by atoms with Gasteiger partial charge in [-0.25, -0.2) is 4.98 Å². The second-order valence-electron chi connectivity index (χ2n) is 3.99. The van der Waals surface area contributed by atoms with Gasteiger partial charge in [-0.2, -0.15) is 0 Å². The van der Waals surface area contributed by atoms with Gasteiger partial charge in [-0.1, -0.05) is 43.5 Å². The molecule has 0 N–H and O–H groups in total. The fourth-order valence-corrected chi connectivity index (χ4v) is 3.86. The van der Waals surface area contributed by atoms with Crippen LogP contribution in [0.1, 0.15) is 22.4 Å². The van der Waals surface area contributed by atoms with Crippen LogP contribution in [0.15, 0.2) is 22.8 Å². The lowest BCUT2D eigenvalue weighted by atomic mass is 10.0. The Morgan fingerprint density at radius 3 is 2.94 bits per heavy atom. The van der Waals surface area contributed by atoms with Crippen LogP contribution in [-0.4, -0.2) is 4.98 Å². The highest BCUT2D eigenvalue weighted by molar-refractivity contribution is 9.10. The van der Waals surface area contributed by atoms with Crippen LogP contribution in [0.2, 0.25) is 5.15 Å². The minimum absolute atomic E-state index is 0.445. The summed E-state index contributed by atoms with van der Waals surface area (Å²) in [5.41, 5.74) is 2.78. The molecule has 0 saturated heterocycles. The molecule has 82 valence electrons. The lowest BCUT2D eigenvalue weighted by molar-refractivity contribution is 0.905. The lowest BCUT2D eigenvalue weighted by Gasteiger charge is -2.10. The zero-order chi connectivity index (χ0) is 11.3. The number of hydrogen-bond acceptors (Lipinski definition) is 1. The van der Waals surface area contributed by atoms with E-state index in [4.69, 9.17) is 11.6 Å². The van der Waals surface area contributed by atoms with E-state index in [1.165, 1.54) is 16.5 Å². The van der Waals surface area contributed by atoms with Crippen molar-refractivity contribution in [2.24, 2.45) is 0 Å². The second-order valence-corrected chi connectivity index (χ2v) is 6.34. The normalized spacial score (nSPS) is 19.1. The van der Waals surface area contributed by atoms with Crippen molar-refractivity contribution in [3.63, 3.8) is 0 Å². The summed E-state index contributed by atoms with van der Waals surface area (Å²) in [5, 5.41) is 2.88. The third-order valence-electron chi connectivity index (χ3n) is 3.05. The predicted octanol–water partition coefficient (Wildman–Crippen LogP) is 5.03. The van der Waals surface area contributed by atoms with E-state index < -0.39 is 0 Å². The summed E-state index contributed by atoms with van der Waals surface area (Å²) in [6.45, 7) is 0. The number of aromatic nitrogens is 1. The summed E-state index contributed by atoms with van der Waals surface area (Å²) in [6, 6.07) is 4.12. The number of alkyl halides is 1. The topological polar surface area (TPSA) is 12.9 Å². The van der Waals surface area contributed by atoms with Gasteiger partial charge in [0.1, 0.15) is 5.15 Å². The molecule has 1 aromatic carbocycles. The van der Waals surface area contributed by atoms with Gasteiger partial charge >= 0.3 is 0 Å². The maximum Gasteiger partial charge on any atom is 0.129 e. The highest BCUT2D eigenvalue weighted by atomic mass is 79.9. The van der Waals surface area contributed by atoms with E-state index in [9.17, 15) is 0 Å². The van der Waals surface area contributed by atoms with Crippen LogP contribution in [0.3, 0.4) is 0 Å². The van der Waals surface area contributed by atoms with Gasteiger partial charge in [-0.15, -0.1) is 0 Å². The molecule has 1 nitrogen and oxygen atoms in total. The van der Waals surface area contributed by atoms with Gasteiger partial charge < -0.3 is 0 Å². The van der Waals surface area contributed by atoms with Crippen LogP contribution in [0.5, 0.6) is 0 Å². The number of pyridine rings is 1. The number of hydrogen-bond donors (Lipinski definition) is 0. The Kier molecular flexibility index (Phi) is 2.73. The van der Waals surface area contributed by atoms with Crippen molar-refractivity contribution in [1.29, 1.82) is 0 Å². The molecule has 1 heterocycles. The summed E-state index contributed by atoms with van der Waals surface area (Å²) in [4.78, 5) is 4.63.